The molecule has 0 aromatic carbocycles. The van der Waals surface area contributed by atoms with Crippen LogP contribution in [0.1, 0.15) is 42.5 Å². The molecule has 0 unspecified atom stereocenters. The number of hydrogen-bond donors (Lipinski definition) is 2. The number of rotatable bonds is 11. The number of nitrogens with two attached hydrogens (primary N) is 1. The van der Waals surface area contributed by atoms with Crippen molar-refractivity contribution in [1.29, 1.82) is 0 Å². The zero-order valence-corrected chi connectivity index (χ0v) is 17.9. The SMILES string of the molecule is Cc1nccc(N)c1CSc1nc2c(c(OCOC(=O)CCCCC(=O)O)n1)CCO2. The van der Waals surface area contributed by atoms with E-state index in [1.165, 1.54) is 11.8 Å². The minimum absolute atomic E-state index is 0.0293. The molecule has 2 aromatic rings. The van der Waals surface area contributed by atoms with E-state index in [1.807, 2.05) is 6.92 Å². The Hall–Kier alpha value is -3.08. The van der Waals surface area contributed by atoms with Crippen LogP contribution >= 0.6 is 11.8 Å². The van der Waals surface area contributed by atoms with Crippen LogP contribution in [0.2, 0.25) is 0 Å². The molecule has 2 aromatic heterocycles. The van der Waals surface area contributed by atoms with Crippen LogP contribution in [-0.4, -0.2) is 45.4 Å². The van der Waals surface area contributed by atoms with Crippen molar-refractivity contribution < 1.29 is 28.9 Å². The Labute approximate surface area is 183 Å². The highest BCUT2D eigenvalue weighted by atomic mass is 32.2. The summed E-state index contributed by atoms with van der Waals surface area (Å²) in [6.45, 7) is 2.08. The second-order valence-electron chi connectivity index (χ2n) is 6.83. The summed E-state index contributed by atoms with van der Waals surface area (Å²) in [7, 11) is 0. The van der Waals surface area contributed by atoms with Gasteiger partial charge in [-0.15, -0.1) is 0 Å². The molecule has 0 saturated carbocycles. The van der Waals surface area contributed by atoms with Crippen LogP contribution in [0.5, 0.6) is 11.8 Å². The maximum atomic E-state index is 11.8. The van der Waals surface area contributed by atoms with Crippen LogP contribution < -0.4 is 15.2 Å². The third-order valence-corrected chi connectivity index (χ3v) is 5.47. The van der Waals surface area contributed by atoms with Gasteiger partial charge in [0.15, 0.2) is 5.16 Å². The molecule has 0 radical (unpaired) electrons. The molecular weight excluding hydrogens is 424 g/mol. The van der Waals surface area contributed by atoms with Crippen molar-refractivity contribution in [3.63, 3.8) is 0 Å². The van der Waals surface area contributed by atoms with Crippen LogP contribution in [-0.2, 0) is 26.5 Å². The predicted octanol–water partition coefficient (Wildman–Crippen LogP) is 2.51. The number of carboxylic acid groups (broad SMARTS) is 1. The number of aliphatic carboxylic acids is 1. The molecule has 1 aliphatic heterocycles. The summed E-state index contributed by atoms with van der Waals surface area (Å²) in [6, 6.07) is 1.75. The first-order valence-electron chi connectivity index (χ1n) is 9.80. The Bertz CT molecular complexity index is 935. The molecule has 166 valence electrons. The number of unbranched alkanes of at least 4 members (excludes halogenated alkanes) is 1. The topological polar surface area (TPSA) is 147 Å². The number of fused-ring (bicyclic) bond motifs is 1. The van der Waals surface area contributed by atoms with Crippen molar-refractivity contribution in [3.8, 4) is 11.8 Å². The number of esters is 1. The Morgan fingerprint density at radius 3 is 2.87 bits per heavy atom. The highest BCUT2D eigenvalue weighted by molar-refractivity contribution is 7.98. The van der Waals surface area contributed by atoms with E-state index in [-0.39, 0.29) is 19.6 Å². The number of aromatic nitrogens is 3. The molecule has 1 aliphatic rings. The molecule has 31 heavy (non-hydrogen) atoms. The first-order valence-corrected chi connectivity index (χ1v) is 10.8. The third kappa shape index (κ3) is 6.45. The van der Waals surface area contributed by atoms with Crippen LogP contribution in [0.4, 0.5) is 5.69 Å². The van der Waals surface area contributed by atoms with Gasteiger partial charge in [-0.2, -0.15) is 9.97 Å². The number of hydrogen-bond acceptors (Lipinski definition) is 10. The van der Waals surface area contributed by atoms with Gasteiger partial charge >= 0.3 is 11.9 Å². The fourth-order valence-electron chi connectivity index (χ4n) is 2.90. The fourth-order valence-corrected chi connectivity index (χ4v) is 3.85. The highest BCUT2D eigenvalue weighted by Gasteiger charge is 2.23. The lowest BCUT2D eigenvalue weighted by atomic mass is 10.2. The molecule has 0 atom stereocenters. The fraction of sp³-hybridized carbons (Fsp3) is 0.450. The summed E-state index contributed by atoms with van der Waals surface area (Å²) in [5, 5.41) is 9.06. The largest absolute Gasteiger partial charge is 0.481 e. The van der Waals surface area contributed by atoms with Crippen LogP contribution in [0.25, 0.3) is 0 Å². The molecule has 0 spiro atoms. The molecule has 3 rings (SSSR count). The average molecular weight is 449 g/mol. The smallest absolute Gasteiger partial charge is 0.308 e. The second kappa shape index (κ2) is 10.8. The van der Waals surface area contributed by atoms with Gasteiger partial charge in [0, 0.05) is 48.2 Å². The van der Waals surface area contributed by atoms with E-state index in [4.69, 9.17) is 25.1 Å². The number of nitrogen functional groups attached to an aromatic ring is 1. The normalized spacial score (nSPS) is 12.2. The van der Waals surface area contributed by atoms with Crippen molar-refractivity contribution in [1.82, 2.24) is 15.0 Å². The van der Waals surface area contributed by atoms with Gasteiger partial charge in [0.2, 0.25) is 18.6 Å². The molecule has 3 N–H and O–H groups in total. The first kappa shape index (κ1) is 22.6. The Morgan fingerprint density at radius 2 is 2.10 bits per heavy atom. The number of aryl methyl sites for hydroxylation is 1. The van der Waals surface area contributed by atoms with Gasteiger partial charge in [0.25, 0.3) is 0 Å². The van der Waals surface area contributed by atoms with E-state index in [0.29, 0.717) is 54.2 Å². The molecule has 0 fully saturated rings. The molecule has 10 nitrogen and oxygen atoms in total. The number of carboxylic acids is 1. The van der Waals surface area contributed by atoms with Gasteiger partial charge in [0.1, 0.15) is 0 Å². The van der Waals surface area contributed by atoms with Gasteiger partial charge in [0.05, 0.1) is 12.2 Å². The predicted molar refractivity (Wildman–Crippen MR) is 112 cm³/mol. The Balaban J connectivity index is 1.56. The maximum absolute atomic E-state index is 11.8. The minimum atomic E-state index is -0.883. The number of carbonyl (C=O) groups excluding carboxylic acids is 1. The highest BCUT2D eigenvalue weighted by Crippen LogP contribution is 2.34. The molecule has 0 saturated heterocycles. The lowest BCUT2D eigenvalue weighted by molar-refractivity contribution is -0.150. The monoisotopic (exact) mass is 448 g/mol. The van der Waals surface area contributed by atoms with Gasteiger partial charge < -0.3 is 25.1 Å². The standard InChI is InChI=1S/C20H24N4O6S/c1-12-14(15(21)6-8-22-12)10-31-20-23-18-13(7-9-28-18)19(24-20)30-11-29-17(27)5-3-2-4-16(25)26/h6,8H,2-5,7,9-11H2,1H3,(H2,21,22)(H,25,26). The third-order valence-electron chi connectivity index (χ3n) is 4.59. The van der Waals surface area contributed by atoms with Crippen molar-refractivity contribution >= 4 is 29.4 Å². The van der Waals surface area contributed by atoms with E-state index in [9.17, 15) is 9.59 Å². The van der Waals surface area contributed by atoms with E-state index in [2.05, 4.69) is 15.0 Å². The van der Waals surface area contributed by atoms with E-state index in [0.717, 1.165) is 16.8 Å². The molecule has 0 aliphatic carbocycles. The lowest BCUT2D eigenvalue weighted by Gasteiger charge is -2.11. The van der Waals surface area contributed by atoms with Crippen LogP contribution in [0.15, 0.2) is 17.4 Å². The molecular formula is C20H24N4O6S. The van der Waals surface area contributed by atoms with Crippen molar-refractivity contribution in [2.45, 2.75) is 49.9 Å². The Kier molecular flexibility index (Phi) is 7.88. The van der Waals surface area contributed by atoms with Gasteiger partial charge in [-0.1, -0.05) is 11.8 Å². The zero-order chi connectivity index (χ0) is 22.2. The number of ether oxygens (including phenoxy) is 3. The summed E-state index contributed by atoms with van der Waals surface area (Å²) in [6.07, 6.45) is 3.30. The van der Waals surface area contributed by atoms with Crippen molar-refractivity contribution in [3.05, 3.63) is 29.1 Å². The van der Waals surface area contributed by atoms with Crippen LogP contribution in [0.3, 0.4) is 0 Å². The first-order chi connectivity index (χ1) is 14.9. The molecule has 3 heterocycles. The zero-order valence-electron chi connectivity index (χ0n) is 17.1. The van der Waals surface area contributed by atoms with Crippen molar-refractivity contribution in [2.24, 2.45) is 0 Å². The number of anilines is 1. The van der Waals surface area contributed by atoms with Gasteiger partial charge in [-0.05, 0) is 25.8 Å². The summed E-state index contributed by atoms with van der Waals surface area (Å²) < 4.78 is 16.2. The molecule has 11 heteroatoms. The molecule has 0 amide bonds. The number of carbonyl (C=O) groups is 2. The van der Waals surface area contributed by atoms with E-state index in [1.54, 1.807) is 12.3 Å². The summed E-state index contributed by atoms with van der Waals surface area (Å²) in [5.41, 5.74) is 9.19. The molecule has 0 bridgehead atoms. The van der Waals surface area contributed by atoms with Gasteiger partial charge in [-0.3, -0.25) is 14.6 Å². The quantitative estimate of drug-likeness (QED) is 0.172. The summed E-state index contributed by atoms with van der Waals surface area (Å²) in [5.74, 6) is -0.0197. The summed E-state index contributed by atoms with van der Waals surface area (Å²) >= 11 is 1.38. The lowest BCUT2D eigenvalue weighted by Crippen LogP contribution is -2.12. The second-order valence-corrected chi connectivity index (χ2v) is 7.77. The summed E-state index contributed by atoms with van der Waals surface area (Å²) in [4.78, 5) is 35.4. The van der Waals surface area contributed by atoms with E-state index >= 15 is 0 Å². The number of nitrogens with zero attached hydrogens (tertiary/aromatic N) is 3. The Morgan fingerprint density at radius 1 is 1.29 bits per heavy atom. The van der Waals surface area contributed by atoms with Crippen molar-refractivity contribution in [2.75, 3.05) is 19.1 Å². The van der Waals surface area contributed by atoms with Crippen LogP contribution in [0, 0.1) is 6.92 Å². The maximum Gasteiger partial charge on any atom is 0.308 e. The number of pyridine rings is 1. The average Bonchev–Trinajstić information content (AvgIpc) is 3.19. The van der Waals surface area contributed by atoms with E-state index < -0.39 is 11.9 Å². The minimum Gasteiger partial charge on any atom is -0.481 e. The van der Waals surface area contributed by atoms with Gasteiger partial charge in [-0.25, -0.2) is 0 Å². The number of thioether (sulfide) groups is 1.